The number of carbonyl (C=O) groups is 2. The van der Waals surface area contributed by atoms with Crippen molar-refractivity contribution in [2.45, 2.75) is 123 Å². The van der Waals surface area contributed by atoms with Crippen LogP contribution in [-0.4, -0.2) is 24.3 Å². The smallest absolute Gasteiger partial charge is 0.411 e. The molecule has 4 nitrogen and oxygen atoms in total. The van der Waals surface area contributed by atoms with Gasteiger partial charge in [-0.2, -0.15) is 26.3 Å². The third-order valence-corrected chi connectivity index (χ3v) is 9.65. The molecule has 0 amide bonds. The molecular formula is C45H50F6O4. The molecule has 4 aromatic rings. The van der Waals surface area contributed by atoms with Crippen LogP contribution in [0.4, 0.5) is 26.3 Å². The van der Waals surface area contributed by atoms with E-state index in [4.69, 9.17) is 9.47 Å². The van der Waals surface area contributed by atoms with Gasteiger partial charge in [-0.3, -0.25) is 0 Å². The molecular weight excluding hydrogens is 718 g/mol. The molecule has 10 heteroatoms. The average molecular weight is 769 g/mol. The standard InChI is InChI=1S/C45H50F6O4/c1-39(2,3)31-21-27(22-32(25-31)40(4,5)6)37(52)54-35-17-13-29(14-18-35)43(44(46,47)48,45(49,50)51)30-15-19-36(20-16-30)55-38(53)28-23-33(41(7,8)9)26-34(24-28)42(10,11)12/h13-26H,1-12H3. The monoisotopic (exact) mass is 768 g/mol. The number of hydrogen-bond acceptors (Lipinski definition) is 4. The highest BCUT2D eigenvalue weighted by Gasteiger charge is 2.72. The number of hydrogen-bond donors (Lipinski definition) is 0. The van der Waals surface area contributed by atoms with Crippen LogP contribution in [0.3, 0.4) is 0 Å². The Balaban J connectivity index is 1.70. The molecule has 55 heavy (non-hydrogen) atoms. The van der Waals surface area contributed by atoms with E-state index in [1.807, 2.05) is 95.2 Å². The fourth-order valence-electron chi connectivity index (χ4n) is 6.08. The lowest BCUT2D eigenvalue weighted by Gasteiger charge is -2.38. The van der Waals surface area contributed by atoms with Crippen molar-refractivity contribution in [3.8, 4) is 11.5 Å². The van der Waals surface area contributed by atoms with Gasteiger partial charge in [-0.25, -0.2) is 9.59 Å². The van der Waals surface area contributed by atoms with Gasteiger partial charge in [-0.15, -0.1) is 0 Å². The molecule has 0 N–H and O–H groups in total. The first-order valence-electron chi connectivity index (χ1n) is 18.0. The number of esters is 2. The van der Waals surface area contributed by atoms with E-state index in [0.29, 0.717) is 24.3 Å². The molecule has 0 heterocycles. The minimum absolute atomic E-state index is 0.193. The van der Waals surface area contributed by atoms with Crippen LogP contribution in [0, 0.1) is 0 Å². The molecule has 0 aliphatic carbocycles. The first kappa shape index (κ1) is 43.1. The third-order valence-electron chi connectivity index (χ3n) is 9.65. The molecule has 0 spiro atoms. The van der Waals surface area contributed by atoms with Gasteiger partial charge in [0.25, 0.3) is 0 Å². The Kier molecular flexibility index (Phi) is 11.4. The van der Waals surface area contributed by atoms with Crippen LogP contribution < -0.4 is 9.47 Å². The zero-order valence-electron chi connectivity index (χ0n) is 33.5. The summed E-state index contributed by atoms with van der Waals surface area (Å²) in [5.41, 5.74) is -4.27. The second-order valence-corrected chi connectivity index (χ2v) is 18.2. The van der Waals surface area contributed by atoms with E-state index in [-0.39, 0.29) is 44.3 Å². The fourth-order valence-corrected chi connectivity index (χ4v) is 6.08. The maximum absolute atomic E-state index is 15.0. The molecule has 296 valence electrons. The van der Waals surface area contributed by atoms with Crippen LogP contribution in [0.2, 0.25) is 0 Å². The van der Waals surface area contributed by atoms with Crippen LogP contribution in [0.15, 0.2) is 84.9 Å². The van der Waals surface area contributed by atoms with Crippen molar-refractivity contribution < 1.29 is 45.4 Å². The van der Waals surface area contributed by atoms with Crippen molar-refractivity contribution in [3.05, 3.63) is 129 Å². The van der Waals surface area contributed by atoms with Crippen LogP contribution in [-0.2, 0) is 27.1 Å². The number of halogens is 6. The highest BCUT2D eigenvalue weighted by molar-refractivity contribution is 5.92. The first-order valence-corrected chi connectivity index (χ1v) is 18.0. The minimum atomic E-state index is -5.87. The predicted molar refractivity (Wildman–Crippen MR) is 203 cm³/mol. The summed E-state index contributed by atoms with van der Waals surface area (Å²) in [5, 5.41) is 0. The largest absolute Gasteiger partial charge is 0.423 e. The number of carbonyl (C=O) groups excluding carboxylic acids is 2. The van der Waals surface area contributed by atoms with Gasteiger partial charge < -0.3 is 9.47 Å². The summed E-state index contributed by atoms with van der Waals surface area (Å²) >= 11 is 0. The molecule has 0 aliphatic heterocycles. The lowest BCUT2D eigenvalue weighted by molar-refractivity contribution is -0.288. The predicted octanol–water partition coefficient (Wildman–Crippen LogP) is 12.7. The zero-order chi connectivity index (χ0) is 41.7. The van der Waals surface area contributed by atoms with Gasteiger partial charge in [0.2, 0.25) is 5.41 Å². The SMILES string of the molecule is CC(C)(C)c1cc(C(=O)Oc2ccc(C(c3ccc(OC(=O)c4cc(C(C)(C)C)cc(C(C)(C)C)c4)cc3)(C(F)(F)F)C(F)(F)F)cc2)cc(C(C)(C)C)c1. The van der Waals surface area contributed by atoms with Crippen LogP contribution in [0.25, 0.3) is 0 Å². The van der Waals surface area contributed by atoms with Crippen molar-refractivity contribution in [1.82, 2.24) is 0 Å². The molecule has 0 aromatic heterocycles. The van der Waals surface area contributed by atoms with Crippen molar-refractivity contribution in [1.29, 1.82) is 0 Å². The molecule has 4 aromatic carbocycles. The molecule has 0 unspecified atom stereocenters. The number of ether oxygens (including phenoxy) is 2. The highest BCUT2D eigenvalue weighted by Crippen LogP contribution is 2.56. The van der Waals surface area contributed by atoms with Crippen LogP contribution >= 0.6 is 0 Å². The Labute approximate surface area is 320 Å². The summed E-state index contributed by atoms with van der Waals surface area (Å²) in [6, 6.07) is 16.9. The number of rotatable bonds is 6. The van der Waals surface area contributed by atoms with E-state index in [1.165, 1.54) is 0 Å². The average Bonchev–Trinajstić information content (AvgIpc) is 3.03. The van der Waals surface area contributed by atoms with Gasteiger partial charge in [0.05, 0.1) is 11.1 Å². The summed E-state index contributed by atoms with van der Waals surface area (Å²) in [6.07, 6.45) is -11.7. The lowest BCUT2D eigenvalue weighted by Crippen LogP contribution is -2.54. The molecule has 0 saturated heterocycles. The van der Waals surface area contributed by atoms with Gasteiger partial charge in [-0.05, 0) is 104 Å². The Morgan fingerprint density at radius 1 is 0.382 bits per heavy atom. The fraction of sp³-hybridized carbons (Fsp3) is 0.422. The van der Waals surface area contributed by atoms with Crippen molar-refractivity contribution in [2.24, 2.45) is 0 Å². The van der Waals surface area contributed by atoms with Gasteiger partial charge in [0.1, 0.15) is 11.5 Å². The summed E-state index contributed by atoms with van der Waals surface area (Å²) in [5.74, 6) is -2.10. The van der Waals surface area contributed by atoms with Gasteiger partial charge >= 0.3 is 24.3 Å². The van der Waals surface area contributed by atoms with Crippen molar-refractivity contribution >= 4 is 11.9 Å². The van der Waals surface area contributed by atoms with Crippen molar-refractivity contribution in [2.75, 3.05) is 0 Å². The first-order chi connectivity index (χ1) is 24.9. The normalized spacial score (nSPS) is 13.4. The van der Waals surface area contributed by atoms with Gasteiger partial charge in [0.15, 0.2) is 0 Å². The zero-order valence-corrected chi connectivity index (χ0v) is 33.5. The molecule has 0 fully saturated rings. The quantitative estimate of drug-likeness (QED) is 0.111. The van der Waals surface area contributed by atoms with Gasteiger partial charge in [0, 0.05) is 0 Å². The summed E-state index contributed by atoms with van der Waals surface area (Å²) in [7, 11) is 0. The second kappa shape index (κ2) is 14.5. The van der Waals surface area contributed by atoms with E-state index >= 15 is 0 Å². The van der Waals surface area contributed by atoms with Crippen LogP contribution in [0.5, 0.6) is 11.5 Å². The van der Waals surface area contributed by atoms with Crippen LogP contribution in [0.1, 0.15) is 137 Å². The molecule has 0 atom stereocenters. The number of benzene rings is 4. The summed E-state index contributed by atoms with van der Waals surface area (Å²) < 4.78 is 101. The van der Waals surface area contributed by atoms with E-state index in [1.54, 1.807) is 24.3 Å². The minimum Gasteiger partial charge on any atom is -0.423 e. The number of alkyl halides is 6. The topological polar surface area (TPSA) is 52.6 Å². The maximum Gasteiger partial charge on any atom is 0.411 e. The lowest BCUT2D eigenvalue weighted by atomic mass is 9.73. The summed E-state index contributed by atoms with van der Waals surface area (Å²) in [4.78, 5) is 26.6. The van der Waals surface area contributed by atoms with E-state index in [9.17, 15) is 35.9 Å². The molecule has 0 bridgehead atoms. The Hall–Kier alpha value is -4.60. The van der Waals surface area contributed by atoms with E-state index < -0.39 is 40.8 Å². The molecule has 0 aliphatic rings. The Morgan fingerprint density at radius 3 is 0.818 bits per heavy atom. The molecule has 4 rings (SSSR count). The van der Waals surface area contributed by atoms with Gasteiger partial charge in [-0.1, -0.05) is 119 Å². The van der Waals surface area contributed by atoms with E-state index in [0.717, 1.165) is 46.5 Å². The molecule has 0 saturated carbocycles. The van der Waals surface area contributed by atoms with Crippen molar-refractivity contribution in [3.63, 3.8) is 0 Å². The summed E-state index contributed by atoms with van der Waals surface area (Å²) in [6.45, 7) is 23.7. The molecule has 0 radical (unpaired) electrons. The maximum atomic E-state index is 15.0. The highest BCUT2D eigenvalue weighted by atomic mass is 19.4. The Morgan fingerprint density at radius 2 is 0.618 bits per heavy atom. The second-order valence-electron chi connectivity index (χ2n) is 18.2. The van der Waals surface area contributed by atoms with E-state index in [2.05, 4.69) is 0 Å². The Bertz CT molecular complexity index is 1820. The third kappa shape index (κ3) is 9.27.